The Morgan fingerprint density at radius 2 is 1.56 bits per heavy atom. The van der Waals surface area contributed by atoms with Crippen LogP contribution in [0.4, 0.5) is 0 Å². The highest BCUT2D eigenvalue weighted by molar-refractivity contribution is 7.89. The van der Waals surface area contributed by atoms with Gasteiger partial charge in [0.25, 0.3) is 0 Å². The van der Waals surface area contributed by atoms with Crippen molar-refractivity contribution in [2.75, 3.05) is 13.1 Å². The zero-order chi connectivity index (χ0) is 17.0. The summed E-state index contributed by atoms with van der Waals surface area (Å²) in [5.41, 5.74) is 0.673. The second-order valence-corrected chi connectivity index (χ2v) is 7.52. The van der Waals surface area contributed by atoms with Crippen molar-refractivity contribution in [1.82, 2.24) is 10.0 Å². The van der Waals surface area contributed by atoms with Gasteiger partial charge in [0.2, 0.25) is 10.0 Å². The smallest absolute Gasteiger partial charge is 0.241 e. The Bertz CT molecular complexity index is 819. The highest BCUT2D eigenvalue weighted by Crippen LogP contribution is 2.20. The molecule has 0 amide bonds. The highest BCUT2D eigenvalue weighted by atomic mass is 35.5. The van der Waals surface area contributed by atoms with Gasteiger partial charge in [-0.15, -0.1) is 12.4 Å². The Balaban J connectivity index is 0.00000225. The van der Waals surface area contributed by atoms with Gasteiger partial charge in [-0.1, -0.05) is 42.5 Å². The minimum atomic E-state index is -3.74. The molecule has 2 N–H and O–H groups in total. The zero-order valence-electron chi connectivity index (χ0n) is 13.6. The zero-order valence-corrected chi connectivity index (χ0v) is 15.3. The first-order valence-electron chi connectivity index (χ1n) is 8.00. The Morgan fingerprint density at radius 1 is 0.960 bits per heavy atom. The van der Waals surface area contributed by atoms with Crippen LogP contribution in [0.1, 0.15) is 28.8 Å². The molecule has 5 nitrogen and oxygen atoms in total. The lowest BCUT2D eigenvalue weighted by Crippen LogP contribution is -2.42. The molecule has 1 saturated heterocycles. The number of sulfonamides is 1. The molecule has 7 heteroatoms. The van der Waals surface area contributed by atoms with Crippen LogP contribution in [0.15, 0.2) is 59.5 Å². The molecule has 1 aliphatic heterocycles. The van der Waals surface area contributed by atoms with Crippen molar-refractivity contribution in [1.29, 1.82) is 0 Å². The van der Waals surface area contributed by atoms with E-state index in [1.807, 2.05) is 6.07 Å². The average Bonchev–Trinajstić information content (AvgIpc) is 2.62. The fraction of sp³-hybridized carbons (Fsp3) is 0.278. The molecular formula is C18H21ClN2O3S. The summed E-state index contributed by atoms with van der Waals surface area (Å²) in [4.78, 5) is 12.7. The minimum Gasteiger partial charge on any atom is -0.317 e. The largest absolute Gasteiger partial charge is 0.317 e. The molecule has 2 aromatic rings. The molecule has 0 bridgehead atoms. The van der Waals surface area contributed by atoms with E-state index in [1.54, 1.807) is 42.5 Å². The van der Waals surface area contributed by atoms with Crippen LogP contribution in [0, 0.1) is 0 Å². The molecule has 0 aliphatic carbocycles. The van der Waals surface area contributed by atoms with Gasteiger partial charge in [0.05, 0.1) is 4.90 Å². The molecule has 0 atom stereocenters. The van der Waals surface area contributed by atoms with Gasteiger partial charge in [-0.2, -0.15) is 0 Å². The number of piperidine rings is 1. The highest BCUT2D eigenvalue weighted by Gasteiger charge is 2.26. The van der Waals surface area contributed by atoms with E-state index in [4.69, 9.17) is 0 Å². The Morgan fingerprint density at radius 3 is 2.24 bits per heavy atom. The van der Waals surface area contributed by atoms with E-state index in [2.05, 4.69) is 10.0 Å². The second kappa shape index (κ2) is 8.58. The molecule has 3 rings (SSSR count). The molecular weight excluding hydrogens is 360 g/mol. The molecule has 25 heavy (non-hydrogen) atoms. The number of ketones is 1. The maximum atomic E-state index is 12.8. The summed E-state index contributed by atoms with van der Waals surface area (Å²) in [6.45, 7) is 1.58. The van der Waals surface area contributed by atoms with Crippen molar-refractivity contribution >= 4 is 28.2 Å². The predicted molar refractivity (Wildman–Crippen MR) is 99.8 cm³/mol. The first-order chi connectivity index (χ1) is 11.6. The standard InChI is InChI=1S/C18H20N2O3S.ClH/c21-18(14-6-2-1-3-7-14)16-8-4-5-9-17(16)24(22,23)20-15-10-12-19-13-11-15;/h1-9,15,19-20H,10-13H2;1H. The van der Waals surface area contributed by atoms with Gasteiger partial charge >= 0.3 is 0 Å². The number of carbonyl (C=O) groups is 1. The molecule has 1 aliphatic rings. The lowest BCUT2D eigenvalue weighted by atomic mass is 10.0. The van der Waals surface area contributed by atoms with E-state index in [-0.39, 0.29) is 34.7 Å². The first-order valence-corrected chi connectivity index (χ1v) is 9.48. The van der Waals surface area contributed by atoms with Crippen molar-refractivity contribution < 1.29 is 13.2 Å². The summed E-state index contributed by atoms with van der Waals surface area (Å²) in [6.07, 6.45) is 1.49. The topological polar surface area (TPSA) is 75.3 Å². The van der Waals surface area contributed by atoms with Gasteiger partial charge in [-0.25, -0.2) is 13.1 Å². The van der Waals surface area contributed by atoms with Gasteiger partial charge in [-0.3, -0.25) is 4.79 Å². The molecule has 0 saturated carbocycles. The number of hydrogen-bond donors (Lipinski definition) is 2. The van der Waals surface area contributed by atoms with E-state index < -0.39 is 10.0 Å². The fourth-order valence-electron chi connectivity index (χ4n) is 2.86. The lowest BCUT2D eigenvalue weighted by molar-refractivity contribution is 0.103. The number of halogens is 1. The molecule has 0 aromatic heterocycles. The third-order valence-corrected chi connectivity index (χ3v) is 5.70. The Hall–Kier alpha value is -1.73. The fourth-order valence-corrected chi connectivity index (χ4v) is 4.37. The number of benzene rings is 2. The quantitative estimate of drug-likeness (QED) is 0.781. The Labute approximate surface area is 154 Å². The molecule has 134 valence electrons. The van der Waals surface area contributed by atoms with E-state index in [1.165, 1.54) is 6.07 Å². The summed E-state index contributed by atoms with van der Waals surface area (Å²) >= 11 is 0. The van der Waals surface area contributed by atoms with Crippen molar-refractivity contribution in [2.24, 2.45) is 0 Å². The normalized spacial score (nSPS) is 15.4. The maximum Gasteiger partial charge on any atom is 0.241 e. The third-order valence-electron chi connectivity index (χ3n) is 4.12. The van der Waals surface area contributed by atoms with Crippen LogP contribution < -0.4 is 10.0 Å². The third kappa shape index (κ3) is 4.67. The summed E-state index contributed by atoms with van der Waals surface area (Å²) in [5.74, 6) is -0.290. The van der Waals surface area contributed by atoms with Gasteiger partial charge < -0.3 is 5.32 Å². The van der Waals surface area contributed by atoms with Crippen molar-refractivity contribution in [3.05, 3.63) is 65.7 Å². The first kappa shape index (κ1) is 19.6. The van der Waals surface area contributed by atoms with Crippen molar-refractivity contribution in [2.45, 2.75) is 23.8 Å². The summed E-state index contributed by atoms with van der Waals surface area (Å²) in [7, 11) is -3.74. The van der Waals surface area contributed by atoms with E-state index in [0.29, 0.717) is 5.56 Å². The molecule has 2 aromatic carbocycles. The van der Waals surface area contributed by atoms with Crippen LogP contribution in [0.2, 0.25) is 0 Å². The van der Waals surface area contributed by atoms with E-state index in [0.717, 1.165) is 25.9 Å². The molecule has 0 unspecified atom stereocenters. The SMILES string of the molecule is Cl.O=C(c1ccccc1)c1ccccc1S(=O)(=O)NC1CCNCC1. The van der Waals surface area contributed by atoms with Crippen molar-refractivity contribution in [3.8, 4) is 0 Å². The monoisotopic (exact) mass is 380 g/mol. The van der Waals surface area contributed by atoms with E-state index in [9.17, 15) is 13.2 Å². The lowest BCUT2D eigenvalue weighted by Gasteiger charge is -2.24. The van der Waals surface area contributed by atoms with Crippen LogP contribution in [0.5, 0.6) is 0 Å². The van der Waals surface area contributed by atoms with Crippen LogP contribution in [-0.2, 0) is 10.0 Å². The second-order valence-electron chi connectivity index (χ2n) is 5.84. The van der Waals surface area contributed by atoms with Crippen LogP contribution in [-0.4, -0.2) is 33.3 Å². The summed E-state index contributed by atoms with van der Waals surface area (Å²) < 4.78 is 28.3. The molecule has 1 fully saturated rings. The number of hydrogen-bond acceptors (Lipinski definition) is 4. The summed E-state index contributed by atoms with van der Waals surface area (Å²) in [5, 5.41) is 3.20. The number of carbonyl (C=O) groups excluding carboxylic acids is 1. The van der Waals surface area contributed by atoms with Gasteiger partial charge in [0.15, 0.2) is 5.78 Å². The Kier molecular flexibility index (Phi) is 6.72. The summed E-state index contributed by atoms with van der Waals surface area (Å²) in [6, 6.07) is 15.0. The predicted octanol–water partition coefficient (Wildman–Crippen LogP) is 2.37. The molecule has 1 heterocycles. The van der Waals surface area contributed by atoms with Gasteiger partial charge in [-0.05, 0) is 38.1 Å². The number of rotatable bonds is 5. The van der Waals surface area contributed by atoms with Gasteiger partial charge in [0, 0.05) is 17.2 Å². The van der Waals surface area contributed by atoms with Crippen LogP contribution >= 0.6 is 12.4 Å². The molecule has 0 spiro atoms. The average molecular weight is 381 g/mol. The van der Waals surface area contributed by atoms with Crippen LogP contribution in [0.3, 0.4) is 0 Å². The van der Waals surface area contributed by atoms with E-state index >= 15 is 0 Å². The van der Waals surface area contributed by atoms with Crippen molar-refractivity contribution in [3.63, 3.8) is 0 Å². The van der Waals surface area contributed by atoms with Gasteiger partial charge in [0.1, 0.15) is 0 Å². The maximum absolute atomic E-state index is 12.8. The molecule has 0 radical (unpaired) electrons. The van der Waals surface area contributed by atoms with Crippen LogP contribution in [0.25, 0.3) is 0 Å². The number of nitrogens with one attached hydrogen (secondary N) is 2. The minimum absolute atomic E-state index is 0.